The molecule has 1 aliphatic heterocycles. The normalized spacial score (nSPS) is 26.1. The molecule has 1 heterocycles. The fourth-order valence-corrected chi connectivity index (χ4v) is 10.6. The molecule has 7 atom stereocenters. The third-order valence-electron chi connectivity index (χ3n) is 6.62. The van der Waals surface area contributed by atoms with Gasteiger partial charge in [0.25, 0.3) is 8.32 Å². The average Bonchev–Trinajstić information content (AvgIpc) is 2.83. The summed E-state index contributed by atoms with van der Waals surface area (Å²) in [6, 6.07) is 20.7. The van der Waals surface area contributed by atoms with E-state index in [2.05, 4.69) is 88.6 Å². The van der Waals surface area contributed by atoms with Gasteiger partial charge >= 0.3 is 0 Å². The summed E-state index contributed by atoms with van der Waals surface area (Å²) < 4.78 is 19.7. The van der Waals surface area contributed by atoms with Crippen LogP contribution >= 0.6 is 21.0 Å². The van der Waals surface area contributed by atoms with Crippen LogP contribution in [0.25, 0.3) is 10.4 Å². The van der Waals surface area contributed by atoms with Crippen molar-refractivity contribution in [2.75, 3.05) is 12.9 Å². The van der Waals surface area contributed by atoms with E-state index in [-0.39, 0.29) is 34.6 Å². The highest BCUT2D eigenvalue weighted by Gasteiger charge is 2.52. The Morgan fingerprint density at radius 2 is 1.69 bits per heavy atom. The van der Waals surface area contributed by atoms with E-state index >= 15 is 0 Å². The molecule has 2 radical (unpaired) electrons. The van der Waals surface area contributed by atoms with Crippen LogP contribution in [0, 0.1) is 5.92 Å². The Labute approximate surface area is 218 Å². The predicted molar refractivity (Wildman–Crippen MR) is 152 cm³/mol. The van der Waals surface area contributed by atoms with Crippen molar-refractivity contribution >= 4 is 47.5 Å². The molecular weight excluding hydrogens is 492 g/mol. The third-order valence-corrected chi connectivity index (χ3v) is 12.6. The number of ether oxygens (including phenoxy) is 2. The minimum Gasteiger partial charge on any atom is -0.405 e. The number of benzene rings is 2. The molecule has 0 N–H and O–H groups in total. The summed E-state index contributed by atoms with van der Waals surface area (Å²) in [5.74, 6) is -0.671. The van der Waals surface area contributed by atoms with E-state index in [4.69, 9.17) is 27.3 Å². The van der Waals surface area contributed by atoms with E-state index in [1.807, 2.05) is 25.3 Å². The van der Waals surface area contributed by atoms with Gasteiger partial charge in [0.05, 0.1) is 18.8 Å². The summed E-state index contributed by atoms with van der Waals surface area (Å²) in [6.45, 7) is 9.11. The van der Waals surface area contributed by atoms with Gasteiger partial charge in [0.15, 0.2) is 0 Å². The average molecular weight is 528 g/mol. The first-order valence-corrected chi connectivity index (χ1v) is 15.7. The maximum absolute atomic E-state index is 9.14. The first-order valence-electron chi connectivity index (χ1n) is 11.8. The lowest BCUT2D eigenvalue weighted by Crippen LogP contribution is -2.68. The summed E-state index contributed by atoms with van der Waals surface area (Å²) >= 11 is 1.53. The minimum absolute atomic E-state index is 0.101. The maximum Gasteiger partial charge on any atom is 0.261 e. The molecule has 1 aliphatic rings. The predicted octanol–water partition coefficient (Wildman–Crippen LogP) is 4.68. The molecule has 1 fully saturated rings. The second-order valence-corrected chi connectivity index (χ2v) is 15.8. The molecule has 0 amide bonds. The van der Waals surface area contributed by atoms with Crippen LogP contribution in [0.15, 0.2) is 65.8 Å². The molecule has 1 saturated heterocycles. The van der Waals surface area contributed by atoms with Crippen LogP contribution in [0.4, 0.5) is 0 Å². The summed E-state index contributed by atoms with van der Waals surface area (Å²) in [7, 11) is 5.73. The monoisotopic (exact) mass is 527 g/mol. The molecule has 0 spiro atoms. The zero-order chi connectivity index (χ0) is 25.6. The van der Waals surface area contributed by atoms with Crippen LogP contribution in [-0.2, 0) is 13.9 Å². The molecular formula is C25H35BN3O3PSSi. The highest BCUT2D eigenvalue weighted by molar-refractivity contribution is 7.99. The standard InChI is InChI=1S/C25H35BN3O3PSSi/c1-17-21(28-29-27)23(34-5)31-20(22(17)32-24(26)33)16-30-35(25(2,3)4,18-12-8-6-9-13-18)19-14-10-7-11-15-19/h6-15,17,20-24H,16,33H2,1-5H3/t17-,20?,21-,22-,23?,24?/m1/s1. The lowest BCUT2D eigenvalue weighted by molar-refractivity contribution is -0.155. The van der Waals surface area contributed by atoms with Gasteiger partial charge < -0.3 is 13.9 Å². The topological polar surface area (TPSA) is 76.5 Å². The second-order valence-electron chi connectivity index (χ2n) is 9.87. The molecule has 0 aliphatic carbocycles. The largest absolute Gasteiger partial charge is 0.405 e. The first kappa shape index (κ1) is 28.3. The lowest BCUT2D eigenvalue weighted by Gasteiger charge is -2.47. The number of nitrogens with zero attached hydrogens (tertiary/aromatic N) is 3. The third kappa shape index (κ3) is 6.16. The Balaban J connectivity index is 2.04. The molecule has 3 rings (SSSR count). The first-order chi connectivity index (χ1) is 16.7. The fourth-order valence-electron chi connectivity index (χ4n) is 5.02. The van der Waals surface area contributed by atoms with Gasteiger partial charge in [-0.25, -0.2) is 0 Å². The Morgan fingerprint density at radius 3 is 2.11 bits per heavy atom. The van der Waals surface area contributed by atoms with Crippen molar-refractivity contribution in [3.05, 3.63) is 71.1 Å². The van der Waals surface area contributed by atoms with Crippen molar-refractivity contribution in [2.45, 2.75) is 62.2 Å². The van der Waals surface area contributed by atoms with Crippen molar-refractivity contribution in [3.8, 4) is 0 Å². The quantitative estimate of drug-likeness (QED) is 0.156. The minimum atomic E-state index is -2.75. The molecule has 4 unspecified atom stereocenters. The smallest absolute Gasteiger partial charge is 0.261 e. The molecule has 186 valence electrons. The Hall–Kier alpha value is -1.31. The van der Waals surface area contributed by atoms with Crippen LogP contribution in [-0.4, -0.2) is 58.5 Å². The SMILES string of the molecule is [B]C(P)O[C@H]1C(CO[Si](c2ccccc2)(c2ccccc2)C(C)(C)C)OC(SC)[C@H](N=[N+]=[N-])[C@H]1C. The van der Waals surface area contributed by atoms with Crippen LogP contribution < -0.4 is 10.4 Å². The van der Waals surface area contributed by atoms with Gasteiger partial charge in [0.1, 0.15) is 19.4 Å². The van der Waals surface area contributed by atoms with Crippen molar-refractivity contribution in [3.63, 3.8) is 0 Å². The molecule has 2 aromatic carbocycles. The number of thioether (sulfide) groups is 1. The Kier molecular flexibility index (Phi) is 9.92. The van der Waals surface area contributed by atoms with E-state index in [1.54, 1.807) is 0 Å². The van der Waals surface area contributed by atoms with E-state index in [0.717, 1.165) is 0 Å². The molecule has 6 nitrogen and oxygen atoms in total. The van der Waals surface area contributed by atoms with Crippen molar-refractivity contribution in [2.24, 2.45) is 11.0 Å². The van der Waals surface area contributed by atoms with Crippen molar-refractivity contribution < 1.29 is 13.9 Å². The highest BCUT2D eigenvalue weighted by Crippen LogP contribution is 2.39. The molecule has 2 aromatic rings. The molecule has 0 saturated carbocycles. The molecule has 35 heavy (non-hydrogen) atoms. The van der Waals surface area contributed by atoms with Crippen LogP contribution in [0.3, 0.4) is 0 Å². The van der Waals surface area contributed by atoms with Crippen LogP contribution in [0.2, 0.25) is 5.04 Å². The van der Waals surface area contributed by atoms with Crippen molar-refractivity contribution in [1.29, 1.82) is 0 Å². The molecule has 0 aromatic heterocycles. The van der Waals surface area contributed by atoms with Crippen LogP contribution in [0.5, 0.6) is 0 Å². The molecule has 10 heteroatoms. The van der Waals surface area contributed by atoms with Gasteiger partial charge in [-0.3, -0.25) is 0 Å². The fraction of sp³-hybridized carbons (Fsp3) is 0.520. The Bertz CT molecular complexity index is 953. The van der Waals surface area contributed by atoms with Gasteiger partial charge in [-0.1, -0.05) is 93.5 Å². The Morgan fingerprint density at radius 1 is 1.14 bits per heavy atom. The van der Waals surface area contributed by atoms with E-state index in [0.29, 0.717) is 6.61 Å². The maximum atomic E-state index is 9.14. The zero-order valence-electron chi connectivity index (χ0n) is 21.1. The number of hydrogen-bond donors (Lipinski definition) is 0. The van der Waals surface area contributed by atoms with Gasteiger partial charge in [0.2, 0.25) is 0 Å². The number of azide groups is 1. The lowest BCUT2D eigenvalue weighted by atomic mass is 9.89. The zero-order valence-corrected chi connectivity index (χ0v) is 24.0. The number of hydrogen-bond acceptors (Lipinski definition) is 5. The van der Waals surface area contributed by atoms with Gasteiger partial charge in [-0.15, -0.1) is 21.0 Å². The number of rotatable bonds is 9. The van der Waals surface area contributed by atoms with Gasteiger partial charge in [0, 0.05) is 10.7 Å². The second kappa shape index (κ2) is 12.3. The molecule has 0 bridgehead atoms. The van der Waals surface area contributed by atoms with Gasteiger partial charge in [-0.05, 0) is 33.1 Å². The van der Waals surface area contributed by atoms with E-state index in [9.17, 15) is 0 Å². The summed E-state index contributed by atoms with van der Waals surface area (Å²) in [6.07, 6.45) is 1.19. The summed E-state index contributed by atoms with van der Waals surface area (Å²) in [4.78, 5) is 3.06. The highest BCUT2D eigenvalue weighted by atomic mass is 32.2. The van der Waals surface area contributed by atoms with E-state index in [1.165, 1.54) is 22.1 Å². The summed E-state index contributed by atoms with van der Waals surface area (Å²) in [5.41, 5.74) is 8.84. The summed E-state index contributed by atoms with van der Waals surface area (Å²) in [5, 5.41) is 6.28. The van der Waals surface area contributed by atoms with E-state index < -0.39 is 14.1 Å². The van der Waals surface area contributed by atoms with Crippen LogP contribution in [0.1, 0.15) is 27.7 Å². The van der Waals surface area contributed by atoms with Crippen molar-refractivity contribution in [1.82, 2.24) is 0 Å². The van der Waals surface area contributed by atoms with Gasteiger partial charge in [-0.2, -0.15) is 0 Å².